The SMILES string of the molecule is CNC(=O)c1ccc2nc(-c3cccc([C@H]4O[C@H](CO)[C@@H](O)[C@H](O)[C@@H]4O)c3)ccc2c1.COC(=O)c1ccc2nc(-c3cccc([C@H]4O[C@H](COC(C)=O)[C@@H](C)[C@H](C)[C@@H]4OC(C)=O)c3)ccc2c1. The van der Waals surface area contributed by atoms with E-state index in [9.17, 15) is 39.6 Å². The number of hydrogen-bond acceptors (Lipinski definition) is 15. The van der Waals surface area contributed by atoms with Crippen molar-refractivity contribution < 1.29 is 63.3 Å². The molecule has 0 aliphatic carbocycles. The fraction of sp³-hybridized carbons (Fsp3) is 0.346. The largest absolute Gasteiger partial charge is 0.465 e. The van der Waals surface area contributed by atoms with Crippen molar-refractivity contribution in [1.29, 1.82) is 0 Å². The lowest BCUT2D eigenvalue weighted by atomic mass is 9.79. The maximum Gasteiger partial charge on any atom is 0.337 e. The summed E-state index contributed by atoms with van der Waals surface area (Å²) in [6.07, 6.45) is -7.46. The summed E-state index contributed by atoms with van der Waals surface area (Å²) in [5, 5.41) is 44.1. The van der Waals surface area contributed by atoms with Crippen LogP contribution in [0.25, 0.3) is 44.3 Å². The normalized spacial score (nSPS) is 24.6. The molecule has 356 valence electrons. The van der Waals surface area contributed by atoms with Crippen LogP contribution < -0.4 is 5.32 Å². The van der Waals surface area contributed by atoms with Gasteiger partial charge in [-0.1, -0.05) is 62.4 Å². The van der Waals surface area contributed by atoms with E-state index in [1.54, 1.807) is 61.6 Å². The minimum Gasteiger partial charge on any atom is -0.465 e. The first-order valence-electron chi connectivity index (χ1n) is 22.2. The Kier molecular flexibility index (Phi) is 15.6. The van der Waals surface area contributed by atoms with Crippen LogP contribution in [0.4, 0.5) is 0 Å². The highest BCUT2D eigenvalue weighted by Gasteiger charge is 2.45. The van der Waals surface area contributed by atoms with E-state index in [2.05, 4.69) is 10.3 Å². The Morgan fingerprint density at radius 3 is 1.75 bits per heavy atom. The molecule has 0 radical (unpaired) electrons. The summed E-state index contributed by atoms with van der Waals surface area (Å²) < 4.78 is 27.9. The molecule has 6 aromatic rings. The number of ether oxygens (including phenoxy) is 5. The highest BCUT2D eigenvalue weighted by Crippen LogP contribution is 2.42. The van der Waals surface area contributed by atoms with Crippen molar-refractivity contribution in [3.8, 4) is 22.5 Å². The zero-order valence-electron chi connectivity index (χ0n) is 38.4. The van der Waals surface area contributed by atoms with Gasteiger partial charge in [-0.15, -0.1) is 0 Å². The molecule has 2 aliphatic rings. The molecule has 1 amide bonds. The van der Waals surface area contributed by atoms with Gasteiger partial charge in [0.15, 0.2) is 0 Å². The summed E-state index contributed by atoms with van der Waals surface area (Å²) in [5.41, 5.74) is 6.97. The summed E-state index contributed by atoms with van der Waals surface area (Å²) in [5.74, 6) is -1.35. The molecule has 10 atom stereocenters. The van der Waals surface area contributed by atoms with Gasteiger partial charge in [-0.05, 0) is 77.7 Å². The first-order chi connectivity index (χ1) is 32.6. The molecule has 4 aromatic carbocycles. The number of nitrogens with one attached hydrogen (secondary N) is 1. The highest BCUT2D eigenvalue weighted by molar-refractivity contribution is 5.98. The van der Waals surface area contributed by atoms with Crippen LogP contribution in [0, 0.1) is 11.8 Å². The Labute approximate surface area is 392 Å². The molecule has 68 heavy (non-hydrogen) atoms. The van der Waals surface area contributed by atoms with Crippen molar-refractivity contribution in [2.24, 2.45) is 11.8 Å². The van der Waals surface area contributed by atoms with Crippen molar-refractivity contribution >= 4 is 45.6 Å². The van der Waals surface area contributed by atoms with Crippen LogP contribution in [0.15, 0.2) is 109 Å². The molecule has 2 aromatic heterocycles. The van der Waals surface area contributed by atoms with Crippen LogP contribution in [0.1, 0.15) is 71.7 Å². The molecule has 4 heterocycles. The number of aliphatic hydroxyl groups excluding tert-OH is 4. The molecule has 16 heteroatoms. The van der Waals surface area contributed by atoms with E-state index in [1.807, 2.05) is 68.4 Å². The summed E-state index contributed by atoms with van der Waals surface area (Å²) in [6.45, 7) is 6.43. The number of amides is 1. The number of benzene rings is 4. The number of nitrogens with zero attached hydrogens (tertiary/aromatic N) is 2. The fourth-order valence-electron chi connectivity index (χ4n) is 8.55. The number of carbonyl (C=O) groups excluding carboxylic acids is 4. The lowest BCUT2D eigenvalue weighted by Gasteiger charge is -2.44. The van der Waals surface area contributed by atoms with E-state index in [1.165, 1.54) is 21.0 Å². The minimum atomic E-state index is -1.44. The maximum absolute atomic E-state index is 11.9. The van der Waals surface area contributed by atoms with Crippen LogP contribution in [0.5, 0.6) is 0 Å². The van der Waals surface area contributed by atoms with Crippen molar-refractivity contribution in [1.82, 2.24) is 15.3 Å². The molecular weight excluding hydrogens is 875 g/mol. The van der Waals surface area contributed by atoms with Gasteiger partial charge in [-0.2, -0.15) is 0 Å². The smallest absolute Gasteiger partial charge is 0.337 e. The van der Waals surface area contributed by atoms with Crippen LogP contribution in [0.2, 0.25) is 0 Å². The van der Waals surface area contributed by atoms with Crippen LogP contribution in [0.3, 0.4) is 0 Å². The van der Waals surface area contributed by atoms with Gasteiger partial charge in [-0.3, -0.25) is 14.4 Å². The number of esters is 3. The predicted octanol–water partition coefficient (Wildman–Crippen LogP) is 5.67. The van der Waals surface area contributed by atoms with Crippen molar-refractivity contribution in [3.05, 3.63) is 131 Å². The summed E-state index contributed by atoms with van der Waals surface area (Å²) in [7, 11) is 2.93. The monoisotopic (exact) mass is 929 g/mol. The molecule has 5 N–H and O–H groups in total. The van der Waals surface area contributed by atoms with Crippen LogP contribution in [-0.2, 0) is 33.3 Å². The molecule has 2 fully saturated rings. The third-order valence-corrected chi connectivity index (χ3v) is 12.5. The Morgan fingerprint density at radius 2 is 1.21 bits per heavy atom. The van der Waals surface area contributed by atoms with Gasteiger partial charge >= 0.3 is 17.9 Å². The summed E-state index contributed by atoms with van der Waals surface area (Å²) in [6, 6.07) is 33.0. The average Bonchev–Trinajstić information content (AvgIpc) is 3.35. The quantitative estimate of drug-likeness (QED) is 0.0823. The van der Waals surface area contributed by atoms with Gasteiger partial charge in [-0.25, -0.2) is 14.8 Å². The lowest BCUT2D eigenvalue weighted by molar-refractivity contribution is -0.231. The number of pyridine rings is 2. The third-order valence-electron chi connectivity index (χ3n) is 12.5. The Morgan fingerprint density at radius 1 is 0.647 bits per heavy atom. The van der Waals surface area contributed by atoms with Gasteiger partial charge < -0.3 is 49.4 Å². The standard InChI is InChI=1S/C29H31NO7.C23H24N2O6/c1-16-17(2)27(36-19(4)32)28(37-26(16)15-35-18(3)31)22-8-6-7-20(13-22)24-11-9-21-14-23(29(33)34-5)10-12-25(21)30-24;1-24-23(30)15-6-8-17-13(10-15)5-7-16(25-17)12-3-2-4-14(9-12)22-21(29)20(28)19(27)18(11-26)31-22/h6-14,16-17,26-28H,15H2,1-5H3;2-10,18-22,26-29H,11H2,1H3,(H,24,30)/t16-,17-,26+,27-,28+;18-,19-,20+,21+,22-/m01/s1. The number of aliphatic hydroxyl groups is 4. The molecule has 0 saturated carbocycles. The molecule has 0 spiro atoms. The highest BCUT2D eigenvalue weighted by atomic mass is 16.6. The van der Waals surface area contributed by atoms with Gasteiger partial charge in [0.25, 0.3) is 5.91 Å². The van der Waals surface area contributed by atoms with E-state index < -0.39 is 55.3 Å². The lowest BCUT2D eigenvalue weighted by Crippen LogP contribution is -2.55. The third kappa shape index (κ3) is 10.9. The van der Waals surface area contributed by atoms with E-state index >= 15 is 0 Å². The molecule has 0 bridgehead atoms. The minimum absolute atomic E-state index is 0.000156. The molecule has 2 aliphatic heterocycles. The van der Waals surface area contributed by atoms with Crippen LogP contribution >= 0.6 is 0 Å². The van der Waals surface area contributed by atoms with E-state index in [4.69, 9.17) is 28.7 Å². The molecule has 16 nitrogen and oxygen atoms in total. The summed E-state index contributed by atoms with van der Waals surface area (Å²) >= 11 is 0. The summed E-state index contributed by atoms with van der Waals surface area (Å²) in [4.78, 5) is 56.5. The number of hydrogen-bond donors (Lipinski definition) is 5. The topological polar surface area (TPSA) is 233 Å². The zero-order valence-corrected chi connectivity index (χ0v) is 38.4. The second kappa shape index (κ2) is 21.5. The van der Waals surface area contributed by atoms with Crippen molar-refractivity contribution in [3.63, 3.8) is 0 Å². The Balaban J connectivity index is 0.000000204. The van der Waals surface area contributed by atoms with Gasteiger partial charge in [0, 0.05) is 54.3 Å². The second-order valence-electron chi connectivity index (χ2n) is 17.0. The second-order valence-corrected chi connectivity index (χ2v) is 17.0. The van der Waals surface area contributed by atoms with Gasteiger partial charge in [0.2, 0.25) is 0 Å². The number of methoxy groups -OCH3 is 1. The van der Waals surface area contributed by atoms with Gasteiger partial charge in [0.1, 0.15) is 49.3 Å². The Hall–Kier alpha value is -6.66. The predicted molar refractivity (Wildman–Crippen MR) is 250 cm³/mol. The molecular formula is C52H55N3O13. The fourth-order valence-corrected chi connectivity index (χ4v) is 8.55. The van der Waals surface area contributed by atoms with Crippen molar-refractivity contribution in [2.75, 3.05) is 27.4 Å². The number of rotatable bonds is 10. The molecule has 8 rings (SSSR count). The van der Waals surface area contributed by atoms with E-state index in [0.717, 1.165) is 44.2 Å². The molecule has 2 saturated heterocycles. The van der Waals surface area contributed by atoms with Crippen LogP contribution in [-0.4, -0.2) is 118 Å². The van der Waals surface area contributed by atoms with Crippen molar-refractivity contribution in [2.45, 2.75) is 76.5 Å². The Bertz CT molecular complexity index is 2800. The number of fused-ring (bicyclic) bond motifs is 2. The molecule has 0 unspecified atom stereocenters. The number of carbonyl (C=O) groups is 4. The number of aromatic nitrogens is 2. The first kappa shape index (κ1) is 49.3. The zero-order chi connectivity index (χ0) is 48.8. The maximum atomic E-state index is 11.9. The van der Waals surface area contributed by atoms with E-state index in [-0.39, 0.29) is 42.4 Å². The van der Waals surface area contributed by atoms with E-state index in [0.29, 0.717) is 22.4 Å². The average molecular weight is 930 g/mol. The first-order valence-corrected chi connectivity index (χ1v) is 22.2. The van der Waals surface area contributed by atoms with Gasteiger partial charge in [0.05, 0.1) is 47.8 Å².